The highest BCUT2D eigenvalue weighted by Gasteiger charge is 2.25. The molecule has 176 valence electrons. The van der Waals surface area contributed by atoms with Crippen LogP contribution in [0.15, 0.2) is 30.6 Å². The largest absolute Gasteiger partial charge is 0.367 e. The molecule has 3 heterocycles. The Balaban J connectivity index is 0.00000181. The predicted octanol–water partition coefficient (Wildman–Crippen LogP) is 6.65. The third kappa shape index (κ3) is 6.28. The van der Waals surface area contributed by atoms with Crippen molar-refractivity contribution in [3.63, 3.8) is 0 Å². The standard InChI is InChI=1S/C23H28F2N4S.2ClH/c1-14(2)8-20-12-21-22(26-13-27-23(21)30-20)28-19-4-6-29(7-5-19)15(3)16-9-17(24)11-18(25)10-16;;/h9-15,19H,4-8H2,1-3H3,(H,26,27,28);2*1H. The fraction of sp³-hybridized carbons (Fsp3) is 0.478. The van der Waals surface area contributed by atoms with E-state index < -0.39 is 11.6 Å². The second-order valence-electron chi connectivity index (χ2n) is 8.59. The van der Waals surface area contributed by atoms with Crippen LogP contribution < -0.4 is 5.32 Å². The summed E-state index contributed by atoms with van der Waals surface area (Å²) in [5.74, 6) is 0.479. The first-order valence-corrected chi connectivity index (χ1v) is 11.4. The van der Waals surface area contributed by atoms with Crippen LogP contribution in [0.25, 0.3) is 10.2 Å². The maximum atomic E-state index is 13.6. The molecule has 1 atom stereocenters. The van der Waals surface area contributed by atoms with Crippen LogP contribution in [-0.2, 0) is 6.42 Å². The van der Waals surface area contributed by atoms with E-state index in [0.717, 1.165) is 54.5 Å². The summed E-state index contributed by atoms with van der Waals surface area (Å²) in [6.07, 6.45) is 4.60. The van der Waals surface area contributed by atoms with Crippen LogP contribution in [0.5, 0.6) is 0 Å². The van der Waals surface area contributed by atoms with Crippen molar-refractivity contribution in [2.45, 2.75) is 52.1 Å². The van der Waals surface area contributed by atoms with Crippen molar-refractivity contribution < 1.29 is 8.78 Å². The molecule has 0 spiro atoms. The van der Waals surface area contributed by atoms with Crippen molar-refractivity contribution in [1.82, 2.24) is 14.9 Å². The van der Waals surface area contributed by atoms with Crippen molar-refractivity contribution in [2.75, 3.05) is 18.4 Å². The molecule has 0 radical (unpaired) electrons. The fourth-order valence-electron chi connectivity index (χ4n) is 4.18. The number of piperidine rings is 1. The lowest BCUT2D eigenvalue weighted by atomic mass is 10.00. The van der Waals surface area contributed by atoms with Gasteiger partial charge in [0.15, 0.2) is 0 Å². The van der Waals surface area contributed by atoms with Gasteiger partial charge in [-0.3, -0.25) is 4.90 Å². The van der Waals surface area contributed by atoms with Gasteiger partial charge in [0, 0.05) is 36.1 Å². The lowest BCUT2D eigenvalue weighted by molar-refractivity contribution is 0.167. The molecule has 1 aliphatic rings. The summed E-state index contributed by atoms with van der Waals surface area (Å²) in [7, 11) is 0. The number of nitrogens with one attached hydrogen (secondary N) is 1. The number of fused-ring (bicyclic) bond motifs is 1. The van der Waals surface area contributed by atoms with Crippen molar-refractivity contribution >= 4 is 52.2 Å². The third-order valence-corrected chi connectivity index (χ3v) is 6.84. The average molecular weight is 503 g/mol. The molecule has 1 unspecified atom stereocenters. The summed E-state index contributed by atoms with van der Waals surface area (Å²) in [5.41, 5.74) is 0.687. The van der Waals surface area contributed by atoms with E-state index in [2.05, 4.69) is 40.1 Å². The van der Waals surface area contributed by atoms with Gasteiger partial charge in [0.05, 0.1) is 5.39 Å². The summed E-state index contributed by atoms with van der Waals surface area (Å²) in [4.78, 5) is 13.6. The molecule has 1 N–H and O–H groups in total. The first kappa shape index (κ1) is 26.7. The Morgan fingerprint density at radius 1 is 1.03 bits per heavy atom. The molecule has 1 fully saturated rings. The van der Waals surface area contributed by atoms with Gasteiger partial charge in [-0.1, -0.05) is 13.8 Å². The van der Waals surface area contributed by atoms with Crippen LogP contribution in [0.3, 0.4) is 0 Å². The predicted molar refractivity (Wildman–Crippen MR) is 133 cm³/mol. The first-order valence-electron chi connectivity index (χ1n) is 10.6. The summed E-state index contributed by atoms with van der Waals surface area (Å²) < 4.78 is 27.2. The minimum atomic E-state index is -0.520. The average Bonchev–Trinajstić information content (AvgIpc) is 3.10. The van der Waals surface area contributed by atoms with Gasteiger partial charge in [-0.05, 0) is 55.9 Å². The molecule has 2 aromatic heterocycles. The van der Waals surface area contributed by atoms with Gasteiger partial charge in [0.1, 0.15) is 28.6 Å². The molecule has 0 amide bonds. The zero-order valence-corrected chi connectivity index (χ0v) is 20.9. The number of rotatable bonds is 6. The van der Waals surface area contributed by atoms with E-state index in [1.165, 1.54) is 17.0 Å². The van der Waals surface area contributed by atoms with Crippen molar-refractivity contribution in [2.24, 2.45) is 5.92 Å². The Kier molecular flexibility index (Phi) is 9.64. The minimum absolute atomic E-state index is 0. The van der Waals surface area contributed by atoms with Crippen LogP contribution in [-0.4, -0.2) is 34.0 Å². The molecule has 32 heavy (non-hydrogen) atoms. The number of anilines is 1. The van der Waals surface area contributed by atoms with E-state index in [0.29, 0.717) is 17.5 Å². The van der Waals surface area contributed by atoms with Gasteiger partial charge in [-0.2, -0.15) is 0 Å². The second-order valence-corrected chi connectivity index (χ2v) is 9.70. The molecule has 1 aliphatic heterocycles. The Labute approximate surface area is 204 Å². The lowest BCUT2D eigenvalue weighted by Gasteiger charge is -2.36. The summed E-state index contributed by atoms with van der Waals surface area (Å²) in [6.45, 7) is 8.20. The Morgan fingerprint density at radius 3 is 2.31 bits per heavy atom. The molecular weight excluding hydrogens is 473 g/mol. The van der Waals surface area contributed by atoms with E-state index >= 15 is 0 Å². The Morgan fingerprint density at radius 2 is 1.69 bits per heavy atom. The Bertz CT molecular complexity index is 1000. The maximum absolute atomic E-state index is 13.6. The zero-order valence-electron chi connectivity index (χ0n) is 18.5. The number of nitrogens with zero attached hydrogens (tertiary/aromatic N) is 3. The molecule has 1 saturated heterocycles. The number of halogens is 4. The van der Waals surface area contributed by atoms with E-state index in [9.17, 15) is 8.78 Å². The van der Waals surface area contributed by atoms with Crippen LogP contribution in [0.4, 0.5) is 14.6 Å². The number of likely N-dealkylation sites (tertiary alicyclic amines) is 1. The van der Waals surface area contributed by atoms with Crippen LogP contribution >= 0.6 is 36.2 Å². The maximum Gasteiger partial charge on any atom is 0.138 e. The molecular formula is C23H30Cl2F2N4S. The van der Waals surface area contributed by atoms with Crippen molar-refractivity contribution in [3.8, 4) is 0 Å². The van der Waals surface area contributed by atoms with Crippen LogP contribution in [0, 0.1) is 17.6 Å². The monoisotopic (exact) mass is 502 g/mol. The van der Waals surface area contributed by atoms with Crippen molar-refractivity contribution in [1.29, 1.82) is 0 Å². The van der Waals surface area contributed by atoms with E-state index in [4.69, 9.17) is 0 Å². The molecule has 4 rings (SSSR count). The molecule has 1 aromatic carbocycles. The molecule has 0 bridgehead atoms. The molecule has 3 aromatic rings. The zero-order chi connectivity index (χ0) is 21.3. The summed E-state index contributed by atoms with van der Waals surface area (Å²) >= 11 is 1.75. The SMILES string of the molecule is CC(C)Cc1cc2c(NC3CCN(C(C)c4cc(F)cc(F)c4)CC3)ncnc2s1.Cl.Cl. The summed E-state index contributed by atoms with van der Waals surface area (Å²) in [5, 5.41) is 4.72. The third-order valence-electron chi connectivity index (χ3n) is 5.78. The number of hydrogen-bond acceptors (Lipinski definition) is 5. The number of aromatic nitrogens is 2. The first-order chi connectivity index (χ1) is 14.4. The number of thiophene rings is 1. The second kappa shape index (κ2) is 11.5. The van der Waals surface area contributed by atoms with Gasteiger partial charge in [0.25, 0.3) is 0 Å². The topological polar surface area (TPSA) is 41.0 Å². The Hall–Kier alpha value is -1.54. The fourth-order valence-corrected chi connectivity index (χ4v) is 5.38. The summed E-state index contributed by atoms with van der Waals surface area (Å²) in [6, 6.07) is 6.31. The molecule has 0 aliphatic carbocycles. The highest BCUT2D eigenvalue weighted by molar-refractivity contribution is 7.18. The van der Waals surface area contributed by atoms with Gasteiger partial charge < -0.3 is 5.32 Å². The van der Waals surface area contributed by atoms with Crippen LogP contribution in [0.1, 0.15) is 50.1 Å². The van der Waals surface area contributed by atoms with E-state index in [1.807, 2.05) is 6.92 Å². The van der Waals surface area contributed by atoms with Crippen molar-refractivity contribution in [3.05, 3.63) is 52.7 Å². The highest BCUT2D eigenvalue weighted by Crippen LogP contribution is 2.31. The molecule has 4 nitrogen and oxygen atoms in total. The lowest BCUT2D eigenvalue weighted by Crippen LogP contribution is -2.40. The van der Waals surface area contributed by atoms with Gasteiger partial charge >= 0.3 is 0 Å². The molecule has 9 heteroatoms. The van der Waals surface area contributed by atoms with Gasteiger partial charge in [0.2, 0.25) is 0 Å². The quantitative estimate of drug-likeness (QED) is 0.409. The molecule has 0 saturated carbocycles. The van der Waals surface area contributed by atoms with E-state index in [-0.39, 0.29) is 30.9 Å². The normalized spacial score (nSPS) is 15.9. The van der Waals surface area contributed by atoms with Gasteiger partial charge in [-0.15, -0.1) is 36.2 Å². The smallest absolute Gasteiger partial charge is 0.138 e. The number of hydrogen-bond donors (Lipinski definition) is 1. The highest BCUT2D eigenvalue weighted by atomic mass is 35.5. The van der Waals surface area contributed by atoms with E-state index in [1.54, 1.807) is 17.7 Å². The van der Waals surface area contributed by atoms with Gasteiger partial charge in [-0.25, -0.2) is 18.7 Å². The minimum Gasteiger partial charge on any atom is -0.367 e. The van der Waals surface area contributed by atoms with Crippen LogP contribution in [0.2, 0.25) is 0 Å². The number of benzene rings is 1.